The summed E-state index contributed by atoms with van der Waals surface area (Å²) in [5, 5.41) is 0. The first-order valence-corrected chi connectivity index (χ1v) is 7.03. The summed E-state index contributed by atoms with van der Waals surface area (Å²) in [4.78, 5) is 21.9. The SMILES string of the molecule is CCOc1ncnc(N2CCOC(CC(=O)OC)C2)c1C. The summed E-state index contributed by atoms with van der Waals surface area (Å²) < 4.78 is 15.8. The van der Waals surface area contributed by atoms with Crippen molar-refractivity contribution in [2.45, 2.75) is 26.4 Å². The molecule has 0 spiro atoms. The van der Waals surface area contributed by atoms with E-state index in [1.54, 1.807) is 0 Å². The molecule has 2 heterocycles. The van der Waals surface area contributed by atoms with E-state index in [-0.39, 0.29) is 18.5 Å². The maximum absolute atomic E-state index is 11.4. The fourth-order valence-corrected chi connectivity index (χ4v) is 2.33. The molecule has 7 nitrogen and oxygen atoms in total. The van der Waals surface area contributed by atoms with Crippen LogP contribution in [-0.4, -0.2) is 55.5 Å². The molecule has 21 heavy (non-hydrogen) atoms. The lowest BCUT2D eigenvalue weighted by Crippen LogP contribution is -2.44. The average Bonchev–Trinajstić information content (AvgIpc) is 2.50. The topological polar surface area (TPSA) is 73.8 Å². The van der Waals surface area contributed by atoms with Crippen molar-refractivity contribution in [3.63, 3.8) is 0 Å². The predicted molar refractivity (Wildman–Crippen MR) is 76.5 cm³/mol. The molecule has 1 unspecified atom stereocenters. The molecule has 1 saturated heterocycles. The van der Waals surface area contributed by atoms with Gasteiger partial charge in [0.2, 0.25) is 5.88 Å². The molecule has 1 aromatic rings. The van der Waals surface area contributed by atoms with Crippen molar-refractivity contribution in [1.29, 1.82) is 0 Å². The number of hydrogen-bond donors (Lipinski definition) is 0. The summed E-state index contributed by atoms with van der Waals surface area (Å²) in [6, 6.07) is 0. The number of methoxy groups -OCH3 is 1. The second-order valence-corrected chi connectivity index (χ2v) is 4.78. The van der Waals surface area contributed by atoms with Gasteiger partial charge in [0.05, 0.1) is 38.4 Å². The number of hydrogen-bond acceptors (Lipinski definition) is 7. The third kappa shape index (κ3) is 3.81. The maximum atomic E-state index is 11.4. The van der Waals surface area contributed by atoms with Crippen LogP contribution >= 0.6 is 0 Å². The van der Waals surface area contributed by atoms with Crippen LogP contribution in [0.2, 0.25) is 0 Å². The highest BCUT2D eigenvalue weighted by Crippen LogP contribution is 2.25. The first-order chi connectivity index (χ1) is 10.2. The molecule has 1 atom stereocenters. The zero-order valence-electron chi connectivity index (χ0n) is 12.7. The third-order valence-electron chi connectivity index (χ3n) is 3.35. The number of ether oxygens (including phenoxy) is 3. The second kappa shape index (κ2) is 7.21. The summed E-state index contributed by atoms with van der Waals surface area (Å²) in [6.45, 7) is 6.29. The van der Waals surface area contributed by atoms with Gasteiger partial charge in [0, 0.05) is 13.1 Å². The second-order valence-electron chi connectivity index (χ2n) is 4.78. The monoisotopic (exact) mass is 295 g/mol. The van der Waals surface area contributed by atoms with Crippen LogP contribution in [0.5, 0.6) is 5.88 Å². The Morgan fingerprint density at radius 3 is 3.05 bits per heavy atom. The van der Waals surface area contributed by atoms with E-state index in [4.69, 9.17) is 9.47 Å². The molecule has 2 rings (SSSR count). The van der Waals surface area contributed by atoms with E-state index in [1.165, 1.54) is 13.4 Å². The number of esters is 1. The Morgan fingerprint density at radius 2 is 2.33 bits per heavy atom. The molecule has 1 aliphatic heterocycles. The van der Waals surface area contributed by atoms with Crippen LogP contribution in [-0.2, 0) is 14.3 Å². The predicted octanol–water partition coefficient (Wildman–Crippen LogP) is 0.952. The minimum atomic E-state index is -0.267. The summed E-state index contributed by atoms with van der Waals surface area (Å²) in [7, 11) is 1.38. The van der Waals surface area contributed by atoms with Gasteiger partial charge in [-0.15, -0.1) is 0 Å². The van der Waals surface area contributed by atoms with Crippen molar-refractivity contribution >= 4 is 11.8 Å². The van der Waals surface area contributed by atoms with Gasteiger partial charge >= 0.3 is 5.97 Å². The van der Waals surface area contributed by atoms with Crippen LogP contribution in [0.15, 0.2) is 6.33 Å². The summed E-state index contributed by atoms with van der Waals surface area (Å²) >= 11 is 0. The van der Waals surface area contributed by atoms with E-state index >= 15 is 0 Å². The van der Waals surface area contributed by atoms with Gasteiger partial charge < -0.3 is 19.1 Å². The Balaban J connectivity index is 2.10. The van der Waals surface area contributed by atoms with Gasteiger partial charge in [-0.3, -0.25) is 4.79 Å². The van der Waals surface area contributed by atoms with Crippen molar-refractivity contribution in [3.8, 4) is 5.88 Å². The number of rotatable bonds is 5. The minimum absolute atomic E-state index is 0.184. The standard InChI is InChI=1S/C14H21N3O4/c1-4-20-14-10(2)13(15-9-16-14)17-5-6-21-11(8-17)7-12(18)19-3/h9,11H,4-8H2,1-3H3. The van der Waals surface area contributed by atoms with Crippen LogP contribution < -0.4 is 9.64 Å². The summed E-state index contributed by atoms with van der Waals surface area (Å²) in [5.41, 5.74) is 0.901. The molecule has 0 saturated carbocycles. The van der Waals surface area contributed by atoms with Gasteiger partial charge in [0.25, 0.3) is 0 Å². The van der Waals surface area contributed by atoms with Crippen LogP contribution in [0.1, 0.15) is 18.9 Å². The number of aromatic nitrogens is 2. The molecule has 0 aliphatic carbocycles. The van der Waals surface area contributed by atoms with Crippen LogP contribution in [0.25, 0.3) is 0 Å². The molecule has 0 bridgehead atoms. The van der Waals surface area contributed by atoms with Crippen molar-refractivity contribution < 1.29 is 19.0 Å². The maximum Gasteiger partial charge on any atom is 0.308 e. The first kappa shape index (κ1) is 15.5. The lowest BCUT2D eigenvalue weighted by atomic mass is 10.2. The molecule has 1 aliphatic rings. The number of carbonyl (C=O) groups excluding carboxylic acids is 1. The fourth-order valence-electron chi connectivity index (χ4n) is 2.33. The Morgan fingerprint density at radius 1 is 1.52 bits per heavy atom. The van der Waals surface area contributed by atoms with Gasteiger partial charge in [0.1, 0.15) is 12.1 Å². The van der Waals surface area contributed by atoms with Crippen molar-refractivity contribution in [1.82, 2.24) is 9.97 Å². The van der Waals surface area contributed by atoms with Gasteiger partial charge in [-0.25, -0.2) is 9.97 Å². The molecule has 0 N–H and O–H groups in total. The third-order valence-corrected chi connectivity index (χ3v) is 3.35. The Hall–Kier alpha value is -1.89. The largest absolute Gasteiger partial charge is 0.478 e. The smallest absolute Gasteiger partial charge is 0.308 e. The van der Waals surface area contributed by atoms with E-state index < -0.39 is 0 Å². The van der Waals surface area contributed by atoms with Crippen molar-refractivity contribution in [3.05, 3.63) is 11.9 Å². The molecule has 0 radical (unpaired) electrons. The quantitative estimate of drug-likeness (QED) is 0.749. The molecule has 1 fully saturated rings. The average molecular weight is 295 g/mol. The fraction of sp³-hybridized carbons (Fsp3) is 0.643. The van der Waals surface area contributed by atoms with Gasteiger partial charge in [0.15, 0.2) is 0 Å². The zero-order valence-corrected chi connectivity index (χ0v) is 12.7. The number of carbonyl (C=O) groups is 1. The highest BCUT2D eigenvalue weighted by Gasteiger charge is 2.25. The van der Waals surface area contributed by atoms with Crippen molar-refractivity contribution in [2.24, 2.45) is 0 Å². The lowest BCUT2D eigenvalue weighted by molar-refractivity contribution is -0.144. The molecular weight excluding hydrogens is 274 g/mol. The van der Waals surface area contributed by atoms with Crippen LogP contribution in [0, 0.1) is 6.92 Å². The van der Waals surface area contributed by atoms with E-state index in [1.807, 2.05) is 13.8 Å². The molecule has 116 valence electrons. The summed E-state index contributed by atoms with van der Waals surface area (Å²) in [6.07, 6.45) is 1.56. The number of anilines is 1. The summed E-state index contributed by atoms with van der Waals surface area (Å²) in [5.74, 6) is 1.15. The molecule has 1 aromatic heterocycles. The Labute approximate surface area is 124 Å². The van der Waals surface area contributed by atoms with Gasteiger partial charge in [-0.2, -0.15) is 0 Å². The highest BCUT2D eigenvalue weighted by molar-refractivity contribution is 5.70. The minimum Gasteiger partial charge on any atom is -0.478 e. The molecular formula is C14H21N3O4. The molecule has 7 heteroatoms. The normalized spacial score (nSPS) is 18.4. The molecule has 0 amide bonds. The number of nitrogens with zero attached hydrogens (tertiary/aromatic N) is 3. The lowest BCUT2D eigenvalue weighted by Gasteiger charge is -2.34. The van der Waals surface area contributed by atoms with Gasteiger partial charge in [-0.05, 0) is 13.8 Å². The van der Waals surface area contributed by atoms with E-state index in [2.05, 4.69) is 19.6 Å². The van der Waals surface area contributed by atoms with Crippen molar-refractivity contribution in [2.75, 3.05) is 38.3 Å². The van der Waals surface area contributed by atoms with Crippen LogP contribution in [0.4, 0.5) is 5.82 Å². The van der Waals surface area contributed by atoms with E-state index in [0.717, 1.165) is 17.9 Å². The van der Waals surface area contributed by atoms with Crippen LogP contribution in [0.3, 0.4) is 0 Å². The first-order valence-electron chi connectivity index (χ1n) is 7.03. The zero-order chi connectivity index (χ0) is 15.2. The molecule has 0 aromatic carbocycles. The Kier molecular flexibility index (Phi) is 5.32. The van der Waals surface area contributed by atoms with E-state index in [9.17, 15) is 4.79 Å². The number of morpholine rings is 1. The van der Waals surface area contributed by atoms with Gasteiger partial charge in [-0.1, -0.05) is 0 Å². The van der Waals surface area contributed by atoms with E-state index in [0.29, 0.717) is 25.6 Å². The Bertz CT molecular complexity index is 495. The highest BCUT2D eigenvalue weighted by atomic mass is 16.5.